The molecule has 1 unspecified atom stereocenters. The quantitative estimate of drug-likeness (QED) is 0.633. The van der Waals surface area contributed by atoms with Crippen LogP contribution >= 0.6 is 0 Å². The van der Waals surface area contributed by atoms with E-state index in [2.05, 4.69) is 15.5 Å². The van der Waals surface area contributed by atoms with Gasteiger partial charge in [0.15, 0.2) is 0 Å². The molecule has 1 aromatic heterocycles. The van der Waals surface area contributed by atoms with Crippen LogP contribution in [0.3, 0.4) is 0 Å². The molecular formula is C14H23N3O3. The van der Waals surface area contributed by atoms with Crippen LogP contribution in [0.2, 0.25) is 0 Å². The van der Waals surface area contributed by atoms with E-state index >= 15 is 0 Å². The second kappa shape index (κ2) is 6.54. The molecule has 112 valence electrons. The monoisotopic (exact) mass is 281 g/mol. The van der Waals surface area contributed by atoms with Crippen molar-refractivity contribution in [3.05, 3.63) is 17.5 Å². The summed E-state index contributed by atoms with van der Waals surface area (Å²) >= 11 is 0. The second-order valence-corrected chi connectivity index (χ2v) is 5.79. The fourth-order valence-corrected chi connectivity index (χ4v) is 1.92. The summed E-state index contributed by atoms with van der Waals surface area (Å²) in [6.07, 6.45) is 1.66. The zero-order valence-electron chi connectivity index (χ0n) is 12.7. The van der Waals surface area contributed by atoms with Crippen LogP contribution in [0.5, 0.6) is 0 Å². The van der Waals surface area contributed by atoms with Gasteiger partial charge in [-0.3, -0.25) is 14.7 Å². The van der Waals surface area contributed by atoms with Crippen molar-refractivity contribution in [2.75, 3.05) is 6.61 Å². The molecule has 2 N–H and O–H groups in total. The van der Waals surface area contributed by atoms with Crippen LogP contribution in [0.1, 0.15) is 39.0 Å². The topological polar surface area (TPSA) is 84.1 Å². The molecule has 6 nitrogen and oxygen atoms in total. The zero-order valence-corrected chi connectivity index (χ0v) is 12.7. The maximum Gasteiger partial charge on any atom is 0.319 e. The minimum atomic E-state index is -0.824. The Bertz CT molecular complexity index is 474. The minimum absolute atomic E-state index is 0.263. The second-order valence-electron chi connectivity index (χ2n) is 5.79. The smallest absolute Gasteiger partial charge is 0.319 e. The fourth-order valence-electron chi connectivity index (χ4n) is 1.92. The molecule has 1 heterocycles. The van der Waals surface area contributed by atoms with Gasteiger partial charge >= 0.3 is 5.97 Å². The van der Waals surface area contributed by atoms with Crippen LogP contribution in [-0.2, 0) is 20.9 Å². The van der Waals surface area contributed by atoms with E-state index in [9.17, 15) is 9.59 Å². The van der Waals surface area contributed by atoms with Crippen molar-refractivity contribution in [1.82, 2.24) is 15.5 Å². The largest absolute Gasteiger partial charge is 0.465 e. The van der Waals surface area contributed by atoms with E-state index in [0.29, 0.717) is 6.54 Å². The van der Waals surface area contributed by atoms with Crippen molar-refractivity contribution in [1.29, 1.82) is 0 Å². The predicted molar refractivity (Wildman–Crippen MR) is 74.7 cm³/mol. The lowest BCUT2D eigenvalue weighted by atomic mass is 9.80. The summed E-state index contributed by atoms with van der Waals surface area (Å²) in [5, 5.41) is 9.46. The first-order chi connectivity index (χ1) is 9.27. The Balaban J connectivity index is 2.74. The Morgan fingerprint density at radius 2 is 2.10 bits per heavy atom. The number of carbonyl (C=O) groups excluding carboxylic acids is 2. The van der Waals surface area contributed by atoms with Crippen LogP contribution in [0, 0.1) is 18.3 Å². The van der Waals surface area contributed by atoms with Gasteiger partial charge in [0.25, 0.3) is 0 Å². The first-order valence-corrected chi connectivity index (χ1v) is 6.70. The third-order valence-electron chi connectivity index (χ3n) is 3.04. The highest BCUT2D eigenvalue weighted by molar-refractivity contribution is 5.98. The van der Waals surface area contributed by atoms with Crippen LogP contribution in [0.25, 0.3) is 0 Å². The summed E-state index contributed by atoms with van der Waals surface area (Å²) in [5.41, 5.74) is 1.30. The van der Waals surface area contributed by atoms with Gasteiger partial charge in [0.05, 0.1) is 12.8 Å². The Morgan fingerprint density at radius 3 is 2.55 bits per heavy atom. The lowest BCUT2D eigenvalue weighted by Gasteiger charge is -2.27. The predicted octanol–water partition coefficient (Wildman–Crippen LogP) is 1.56. The first-order valence-electron chi connectivity index (χ1n) is 6.70. The Kier molecular flexibility index (Phi) is 5.30. The molecule has 0 aliphatic carbocycles. The van der Waals surface area contributed by atoms with E-state index < -0.39 is 17.3 Å². The van der Waals surface area contributed by atoms with Crippen LogP contribution in [-0.4, -0.2) is 28.7 Å². The SMILES string of the molecule is CCOC(=O)C(C(=O)NCc1cn[nH]c1C)C(C)(C)C. The molecule has 0 aliphatic rings. The van der Waals surface area contributed by atoms with Gasteiger partial charge in [-0.15, -0.1) is 0 Å². The van der Waals surface area contributed by atoms with Gasteiger partial charge in [0.1, 0.15) is 5.92 Å². The molecule has 0 bridgehead atoms. The highest BCUT2D eigenvalue weighted by Gasteiger charge is 2.38. The summed E-state index contributed by atoms with van der Waals surface area (Å²) in [6, 6.07) is 0. The molecule has 0 aromatic carbocycles. The molecular weight excluding hydrogens is 258 g/mol. The van der Waals surface area contributed by atoms with Gasteiger partial charge in [-0.1, -0.05) is 20.8 Å². The minimum Gasteiger partial charge on any atom is -0.465 e. The zero-order chi connectivity index (χ0) is 15.3. The molecule has 6 heteroatoms. The maximum absolute atomic E-state index is 12.3. The number of hydrogen-bond donors (Lipinski definition) is 2. The number of amides is 1. The normalized spacial score (nSPS) is 12.8. The van der Waals surface area contributed by atoms with Crippen molar-refractivity contribution in [3.8, 4) is 0 Å². The molecule has 0 spiro atoms. The van der Waals surface area contributed by atoms with Crippen molar-refractivity contribution < 1.29 is 14.3 Å². The Labute approximate surface area is 119 Å². The number of aryl methyl sites for hydroxylation is 1. The molecule has 0 fully saturated rings. The summed E-state index contributed by atoms with van der Waals surface area (Å²) in [7, 11) is 0. The lowest BCUT2D eigenvalue weighted by molar-refractivity contribution is -0.156. The molecule has 0 radical (unpaired) electrons. The number of esters is 1. The van der Waals surface area contributed by atoms with Gasteiger partial charge in [-0.2, -0.15) is 5.10 Å². The van der Waals surface area contributed by atoms with Crippen molar-refractivity contribution in [3.63, 3.8) is 0 Å². The van der Waals surface area contributed by atoms with Crippen molar-refractivity contribution in [2.24, 2.45) is 11.3 Å². The van der Waals surface area contributed by atoms with Gasteiger partial charge in [-0.05, 0) is 19.3 Å². The van der Waals surface area contributed by atoms with Gasteiger partial charge in [0.2, 0.25) is 5.91 Å². The summed E-state index contributed by atoms with van der Waals surface area (Å²) < 4.78 is 4.99. The van der Waals surface area contributed by atoms with Gasteiger partial charge in [0, 0.05) is 17.8 Å². The number of H-pyrrole nitrogens is 1. The number of hydrogen-bond acceptors (Lipinski definition) is 4. The number of nitrogens with one attached hydrogen (secondary N) is 2. The van der Waals surface area contributed by atoms with E-state index in [0.717, 1.165) is 11.3 Å². The Hall–Kier alpha value is -1.85. The average molecular weight is 281 g/mol. The standard InChI is InChI=1S/C14H23N3O3/c1-6-20-13(19)11(14(3,4)5)12(18)15-7-10-8-16-17-9(10)2/h8,11H,6-7H2,1-5H3,(H,15,18)(H,16,17). The van der Waals surface area contributed by atoms with Gasteiger partial charge < -0.3 is 10.1 Å². The third-order valence-corrected chi connectivity index (χ3v) is 3.04. The van der Waals surface area contributed by atoms with E-state index in [-0.39, 0.29) is 12.5 Å². The number of aromatic amines is 1. The number of ether oxygens (including phenoxy) is 1. The number of rotatable bonds is 5. The average Bonchev–Trinajstić information content (AvgIpc) is 2.71. The molecule has 1 amide bonds. The van der Waals surface area contributed by atoms with Crippen LogP contribution < -0.4 is 5.32 Å². The molecule has 1 atom stereocenters. The molecule has 20 heavy (non-hydrogen) atoms. The molecule has 1 aromatic rings. The number of carbonyl (C=O) groups is 2. The van der Waals surface area contributed by atoms with E-state index in [1.807, 2.05) is 27.7 Å². The number of aromatic nitrogens is 2. The molecule has 0 aliphatic heterocycles. The lowest BCUT2D eigenvalue weighted by Crippen LogP contribution is -2.43. The van der Waals surface area contributed by atoms with E-state index in [1.54, 1.807) is 13.1 Å². The number of nitrogens with zero attached hydrogens (tertiary/aromatic N) is 1. The van der Waals surface area contributed by atoms with Crippen LogP contribution in [0.4, 0.5) is 0 Å². The summed E-state index contributed by atoms with van der Waals surface area (Å²) in [5.74, 6) is -1.63. The molecule has 0 saturated heterocycles. The highest BCUT2D eigenvalue weighted by Crippen LogP contribution is 2.27. The van der Waals surface area contributed by atoms with Crippen molar-refractivity contribution >= 4 is 11.9 Å². The fraction of sp³-hybridized carbons (Fsp3) is 0.643. The molecule has 0 saturated carbocycles. The maximum atomic E-state index is 12.3. The summed E-state index contributed by atoms with van der Waals surface area (Å²) in [6.45, 7) is 9.74. The third kappa shape index (κ3) is 4.08. The van der Waals surface area contributed by atoms with Gasteiger partial charge in [-0.25, -0.2) is 0 Å². The first kappa shape index (κ1) is 16.2. The van der Waals surface area contributed by atoms with Crippen LogP contribution in [0.15, 0.2) is 6.20 Å². The molecule has 1 rings (SSSR count). The highest BCUT2D eigenvalue weighted by atomic mass is 16.5. The van der Waals surface area contributed by atoms with E-state index in [4.69, 9.17) is 4.74 Å². The van der Waals surface area contributed by atoms with E-state index in [1.165, 1.54) is 0 Å². The Morgan fingerprint density at radius 1 is 1.45 bits per heavy atom. The summed E-state index contributed by atoms with van der Waals surface area (Å²) in [4.78, 5) is 24.2. The van der Waals surface area contributed by atoms with Crippen molar-refractivity contribution in [2.45, 2.75) is 41.2 Å².